The first-order valence-electron chi connectivity index (χ1n) is 8.20. The molecule has 1 unspecified atom stereocenters. The van der Waals surface area contributed by atoms with Gasteiger partial charge in [0, 0.05) is 24.7 Å². The standard InChI is InChI=1S/C18H21ClN4O/c1-3-16-15(9-12(2)21-22-16)18(24)23-8-7-20-11-17(23)13-5-4-6-14(19)10-13/h4-6,9-10,17,20H,3,7-8,11H2,1-2H3. The van der Waals surface area contributed by atoms with Crippen LogP contribution in [0.5, 0.6) is 0 Å². The Morgan fingerprint density at radius 2 is 2.21 bits per heavy atom. The van der Waals surface area contributed by atoms with Crippen molar-refractivity contribution in [2.75, 3.05) is 19.6 Å². The van der Waals surface area contributed by atoms with Crippen LogP contribution in [0.25, 0.3) is 0 Å². The molecule has 24 heavy (non-hydrogen) atoms. The van der Waals surface area contributed by atoms with E-state index < -0.39 is 0 Å². The molecule has 0 aliphatic carbocycles. The Hall–Kier alpha value is -1.98. The minimum Gasteiger partial charge on any atom is -0.329 e. The monoisotopic (exact) mass is 344 g/mol. The van der Waals surface area contributed by atoms with Crippen LogP contribution in [0.15, 0.2) is 30.3 Å². The Kier molecular flexibility index (Phi) is 5.11. The number of hydrogen-bond acceptors (Lipinski definition) is 4. The van der Waals surface area contributed by atoms with Crippen LogP contribution < -0.4 is 5.32 Å². The summed E-state index contributed by atoms with van der Waals surface area (Å²) in [4.78, 5) is 15.1. The predicted octanol–water partition coefficient (Wildman–Crippen LogP) is 2.79. The van der Waals surface area contributed by atoms with Crippen LogP contribution in [0.4, 0.5) is 0 Å². The van der Waals surface area contributed by atoms with Gasteiger partial charge < -0.3 is 10.2 Å². The minimum absolute atomic E-state index is 0.0105. The quantitative estimate of drug-likeness (QED) is 0.930. The summed E-state index contributed by atoms with van der Waals surface area (Å²) in [5.41, 5.74) is 3.19. The Morgan fingerprint density at radius 3 is 2.96 bits per heavy atom. The first-order chi connectivity index (χ1) is 11.6. The molecule has 1 aromatic heterocycles. The van der Waals surface area contributed by atoms with Gasteiger partial charge in [-0.1, -0.05) is 30.7 Å². The highest BCUT2D eigenvalue weighted by Crippen LogP contribution is 2.26. The fraction of sp³-hybridized carbons (Fsp3) is 0.389. The molecule has 1 fully saturated rings. The molecule has 5 nitrogen and oxygen atoms in total. The van der Waals surface area contributed by atoms with Crippen LogP contribution in [0.2, 0.25) is 5.02 Å². The maximum absolute atomic E-state index is 13.2. The summed E-state index contributed by atoms with van der Waals surface area (Å²) in [6.45, 7) is 5.99. The molecule has 2 heterocycles. The van der Waals surface area contributed by atoms with Gasteiger partial charge in [-0.2, -0.15) is 10.2 Å². The number of piperazine rings is 1. The zero-order valence-corrected chi connectivity index (χ0v) is 14.7. The van der Waals surface area contributed by atoms with E-state index in [4.69, 9.17) is 11.6 Å². The third-order valence-electron chi connectivity index (χ3n) is 4.30. The molecule has 0 radical (unpaired) electrons. The fourth-order valence-corrected chi connectivity index (χ4v) is 3.27. The molecule has 2 aromatic rings. The molecule has 3 rings (SSSR count). The van der Waals surface area contributed by atoms with Gasteiger partial charge in [-0.3, -0.25) is 4.79 Å². The van der Waals surface area contributed by atoms with Crippen molar-refractivity contribution in [3.8, 4) is 0 Å². The van der Waals surface area contributed by atoms with E-state index in [1.165, 1.54) is 0 Å². The predicted molar refractivity (Wildman–Crippen MR) is 94.2 cm³/mol. The van der Waals surface area contributed by atoms with Gasteiger partial charge in [-0.25, -0.2) is 0 Å². The number of rotatable bonds is 3. The van der Waals surface area contributed by atoms with Gasteiger partial charge in [0.2, 0.25) is 0 Å². The summed E-state index contributed by atoms with van der Waals surface area (Å²) in [5, 5.41) is 12.3. The average Bonchev–Trinajstić information content (AvgIpc) is 2.61. The van der Waals surface area contributed by atoms with Gasteiger partial charge in [-0.05, 0) is 37.1 Å². The second kappa shape index (κ2) is 7.28. The van der Waals surface area contributed by atoms with Crippen LogP contribution in [-0.4, -0.2) is 40.6 Å². The van der Waals surface area contributed by atoms with Crippen molar-refractivity contribution < 1.29 is 4.79 Å². The molecule has 0 spiro atoms. The number of benzene rings is 1. The van der Waals surface area contributed by atoms with E-state index in [1.54, 1.807) is 0 Å². The van der Waals surface area contributed by atoms with E-state index in [9.17, 15) is 4.79 Å². The topological polar surface area (TPSA) is 58.1 Å². The normalized spacial score (nSPS) is 17.8. The van der Waals surface area contributed by atoms with Crippen LogP contribution in [0.1, 0.15) is 40.3 Å². The van der Waals surface area contributed by atoms with Crippen molar-refractivity contribution in [2.45, 2.75) is 26.3 Å². The van der Waals surface area contributed by atoms with Crippen molar-refractivity contribution >= 4 is 17.5 Å². The van der Waals surface area contributed by atoms with E-state index >= 15 is 0 Å². The molecule has 1 aliphatic heterocycles. The Labute approximate surface area is 147 Å². The summed E-state index contributed by atoms with van der Waals surface area (Å²) >= 11 is 6.13. The van der Waals surface area contributed by atoms with E-state index in [0.717, 1.165) is 23.5 Å². The number of carbonyl (C=O) groups excluding carboxylic acids is 1. The van der Waals surface area contributed by atoms with Gasteiger partial charge in [-0.15, -0.1) is 0 Å². The lowest BCUT2D eigenvalue weighted by atomic mass is 10.0. The molecule has 0 bridgehead atoms. The van der Waals surface area contributed by atoms with Gasteiger partial charge in [0.05, 0.1) is 23.0 Å². The molecule has 126 valence electrons. The summed E-state index contributed by atoms with van der Waals surface area (Å²) < 4.78 is 0. The van der Waals surface area contributed by atoms with Crippen molar-refractivity contribution in [3.63, 3.8) is 0 Å². The van der Waals surface area contributed by atoms with Crippen molar-refractivity contribution in [3.05, 3.63) is 57.9 Å². The Morgan fingerprint density at radius 1 is 1.38 bits per heavy atom. The number of hydrogen-bond donors (Lipinski definition) is 1. The van der Waals surface area contributed by atoms with Gasteiger partial charge in [0.15, 0.2) is 0 Å². The van der Waals surface area contributed by atoms with Crippen molar-refractivity contribution in [1.29, 1.82) is 0 Å². The zero-order valence-electron chi connectivity index (χ0n) is 13.9. The van der Waals surface area contributed by atoms with E-state index in [2.05, 4.69) is 15.5 Å². The number of nitrogens with one attached hydrogen (secondary N) is 1. The van der Waals surface area contributed by atoms with Gasteiger partial charge in [0.25, 0.3) is 5.91 Å². The zero-order chi connectivity index (χ0) is 17.1. The highest BCUT2D eigenvalue weighted by molar-refractivity contribution is 6.30. The number of amides is 1. The summed E-state index contributed by atoms with van der Waals surface area (Å²) in [5.74, 6) is 0.0105. The maximum Gasteiger partial charge on any atom is 0.256 e. The highest BCUT2D eigenvalue weighted by atomic mass is 35.5. The van der Waals surface area contributed by atoms with Gasteiger partial charge in [0.1, 0.15) is 0 Å². The maximum atomic E-state index is 13.2. The number of halogens is 1. The Bertz CT molecular complexity index is 750. The van der Waals surface area contributed by atoms with E-state index in [0.29, 0.717) is 30.1 Å². The number of aryl methyl sites for hydroxylation is 2. The molecule has 1 aliphatic rings. The average molecular weight is 345 g/mol. The Balaban J connectivity index is 1.96. The SMILES string of the molecule is CCc1nnc(C)cc1C(=O)N1CCNCC1c1cccc(Cl)c1. The van der Waals surface area contributed by atoms with Crippen LogP contribution >= 0.6 is 11.6 Å². The van der Waals surface area contributed by atoms with Crippen molar-refractivity contribution in [1.82, 2.24) is 20.4 Å². The third-order valence-corrected chi connectivity index (χ3v) is 4.53. The van der Waals surface area contributed by atoms with Crippen LogP contribution in [0.3, 0.4) is 0 Å². The highest BCUT2D eigenvalue weighted by Gasteiger charge is 2.30. The molecule has 1 saturated heterocycles. The molecule has 0 saturated carbocycles. The number of aromatic nitrogens is 2. The largest absolute Gasteiger partial charge is 0.329 e. The number of nitrogens with zero attached hydrogens (tertiary/aromatic N) is 3. The number of carbonyl (C=O) groups is 1. The summed E-state index contributed by atoms with van der Waals surface area (Å²) in [7, 11) is 0. The van der Waals surface area contributed by atoms with E-state index in [-0.39, 0.29) is 11.9 Å². The third kappa shape index (κ3) is 3.42. The first-order valence-corrected chi connectivity index (χ1v) is 8.58. The minimum atomic E-state index is -0.0388. The molecular weight excluding hydrogens is 324 g/mol. The lowest BCUT2D eigenvalue weighted by molar-refractivity contribution is 0.0632. The first kappa shape index (κ1) is 16.9. The smallest absolute Gasteiger partial charge is 0.256 e. The van der Waals surface area contributed by atoms with Gasteiger partial charge >= 0.3 is 0 Å². The van der Waals surface area contributed by atoms with Crippen LogP contribution in [0, 0.1) is 6.92 Å². The van der Waals surface area contributed by atoms with Crippen molar-refractivity contribution in [2.24, 2.45) is 0 Å². The second-order valence-corrected chi connectivity index (χ2v) is 6.41. The molecule has 1 amide bonds. The molecule has 6 heteroatoms. The molecule has 1 aromatic carbocycles. The lowest BCUT2D eigenvalue weighted by Crippen LogP contribution is -2.49. The van der Waals surface area contributed by atoms with Crippen LogP contribution in [-0.2, 0) is 6.42 Å². The fourth-order valence-electron chi connectivity index (χ4n) is 3.07. The molecule has 1 N–H and O–H groups in total. The second-order valence-electron chi connectivity index (χ2n) is 5.97. The summed E-state index contributed by atoms with van der Waals surface area (Å²) in [6.07, 6.45) is 0.683. The lowest BCUT2D eigenvalue weighted by Gasteiger charge is -2.37. The molecule has 1 atom stereocenters. The molecular formula is C18H21ClN4O. The van der Waals surface area contributed by atoms with E-state index in [1.807, 2.05) is 49.1 Å². The summed E-state index contributed by atoms with van der Waals surface area (Å²) in [6, 6.07) is 9.51.